The van der Waals surface area contributed by atoms with E-state index in [1.807, 2.05) is 0 Å². The number of nitrogen functional groups attached to an aromatic ring is 1. The van der Waals surface area contributed by atoms with Crippen molar-refractivity contribution in [2.45, 2.75) is 6.18 Å². The van der Waals surface area contributed by atoms with Crippen molar-refractivity contribution in [1.29, 1.82) is 0 Å². The van der Waals surface area contributed by atoms with Crippen LogP contribution in [0.1, 0.15) is 5.56 Å². The van der Waals surface area contributed by atoms with Crippen molar-refractivity contribution >= 4 is 29.1 Å². The van der Waals surface area contributed by atoms with Gasteiger partial charge in [-0.25, -0.2) is 4.98 Å². The maximum atomic E-state index is 12.8. The molecule has 19 heavy (non-hydrogen) atoms. The number of anilines is 3. The standard InChI is InChI=1S/C11H8ClF3N4/c12-6-1-3-7(4-2-6)18-9-8(11(13,14)15)5-17-10(16)19-9/h1-5H,(H3,16,17,18,19). The van der Waals surface area contributed by atoms with Crippen molar-refractivity contribution in [3.8, 4) is 0 Å². The van der Waals surface area contributed by atoms with Crippen LogP contribution in [0, 0.1) is 0 Å². The molecule has 0 amide bonds. The van der Waals surface area contributed by atoms with E-state index in [1.54, 1.807) is 12.1 Å². The number of nitrogens with zero attached hydrogens (tertiary/aromatic N) is 2. The van der Waals surface area contributed by atoms with Crippen LogP contribution in [0.15, 0.2) is 30.5 Å². The van der Waals surface area contributed by atoms with Gasteiger partial charge in [-0.05, 0) is 24.3 Å². The number of alkyl halides is 3. The summed E-state index contributed by atoms with van der Waals surface area (Å²) in [5.41, 5.74) is 4.72. The van der Waals surface area contributed by atoms with Gasteiger partial charge in [0.1, 0.15) is 11.4 Å². The molecule has 100 valence electrons. The van der Waals surface area contributed by atoms with E-state index in [2.05, 4.69) is 15.3 Å². The van der Waals surface area contributed by atoms with Gasteiger partial charge in [0.25, 0.3) is 0 Å². The first kappa shape index (κ1) is 13.4. The molecule has 0 radical (unpaired) electrons. The lowest BCUT2D eigenvalue weighted by Gasteiger charge is -2.13. The van der Waals surface area contributed by atoms with Crippen LogP contribution >= 0.6 is 11.6 Å². The molecule has 0 saturated carbocycles. The Kier molecular flexibility index (Phi) is 3.48. The zero-order valence-electron chi connectivity index (χ0n) is 9.37. The minimum atomic E-state index is -4.57. The maximum absolute atomic E-state index is 12.8. The molecule has 1 aromatic heterocycles. The van der Waals surface area contributed by atoms with Gasteiger partial charge in [-0.3, -0.25) is 0 Å². The van der Waals surface area contributed by atoms with Crippen molar-refractivity contribution in [3.05, 3.63) is 41.0 Å². The summed E-state index contributed by atoms with van der Waals surface area (Å²) in [7, 11) is 0. The van der Waals surface area contributed by atoms with Crippen LogP contribution in [-0.4, -0.2) is 9.97 Å². The molecule has 0 fully saturated rings. The van der Waals surface area contributed by atoms with Crippen molar-refractivity contribution in [2.24, 2.45) is 0 Å². The minimum Gasteiger partial charge on any atom is -0.368 e. The second-order valence-electron chi connectivity index (χ2n) is 3.62. The summed E-state index contributed by atoms with van der Waals surface area (Å²) in [6.45, 7) is 0. The van der Waals surface area contributed by atoms with Crippen molar-refractivity contribution in [3.63, 3.8) is 0 Å². The molecule has 0 aliphatic heterocycles. The zero-order chi connectivity index (χ0) is 14.0. The predicted molar refractivity (Wildman–Crippen MR) is 66.2 cm³/mol. The van der Waals surface area contributed by atoms with Gasteiger partial charge in [0.15, 0.2) is 0 Å². The monoisotopic (exact) mass is 288 g/mol. The highest BCUT2D eigenvalue weighted by Crippen LogP contribution is 2.34. The summed E-state index contributed by atoms with van der Waals surface area (Å²) in [5.74, 6) is -0.646. The first-order valence-electron chi connectivity index (χ1n) is 5.08. The molecule has 0 unspecified atom stereocenters. The smallest absolute Gasteiger partial charge is 0.368 e. The lowest BCUT2D eigenvalue weighted by atomic mass is 10.2. The number of nitrogens with one attached hydrogen (secondary N) is 1. The lowest BCUT2D eigenvalue weighted by Crippen LogP contribution is -2.12. The number of hydrogen-bond acceptors (Lipinski definition) is 4. The molecule has 0 spiro atoms. The average Bonchev–Trinajstić information content (AvgIpc) is 2.30. The highest BCUT2D eigenvalue weighted by Gasteiger charge is 2.35. The Balaban J connectivity index is 2.38. The lowest BCUT2D eigenvalue weighted by molar-refractivity contribution is -0.137. The van der Waals surface area contributed by atoms with Crippen LogP contribution in [-0.2, 0) is 6.18 Å². The van der Waals surface area contributed by atoms with Crippen LogP contribution in [0.4, 0.5) is 30.6 Å². The molecule has 2 aromatic rings. The van der Waals surface area contributed by atoms with Crippen molar-refractivity contribution in [1.82, 2.24) is 9.97 Å². The second-order valence-corrected chi connectivity index (χ2v) is 4.06. The SMILES string of the molecule is Nc1ncc(C(F)(F)F)c(Nc2ccc(Cl)cc2)n1. The largest absolute Gasteiger partial charge is 0.421 e. The topological polar surface area (TPSA) is 63.8 Å². The number of halogens is 4. The molecule has 3 N–H and O–H groups in total. The van der Waals surface area contributed by atoms with E-state index in [9.17, 15) is 13.2 Å². The van der Waals surface area contributed by atoms with Crippen molar-refractivity contribution < 1.29 is 13.2 Å². The molecule has 0 aliphatic rings. The third-order valence-corrected chi connectivity index (χ3v) is 2.47. The predicted octanol–water partition coefficient (Wildman–Crippen LogP) is 3.47. The number of aromatic nitrogens is 2. The molecule has 0 aliphatic carbocycles. The highest BCUT2D eigenvalue weighted by atomic mass is 35.5. The molecule has 0 saturated heterocycles. The van der Waals surface area contributed by atoms with Gasteiger partial charge >= 0.3 is 6.18 Å². The van der Waals surface area contributed by atoms with Crippen LogP contribution in [0.25, 0.3) is 0 Å². The number of nitrogens with two attached hydrogens (primary N) is 1. The van der Waals surface area contributed by atoms with Crippen LogP contribution < -0.4 is 11.1 Å². The van der Waals surface area contributed by atoms with Gasteiger partial charge in [0.05, 0.1) is 0 Å². The van der Waals surface area contributed by atoms with E-state index in [1.165, 1.54) is 12.1 Å². The Hall–Kier alpha value is -2.02. The maximum Gasteiger partial charge on any atom is 0.421 e. The average molecular weight is 289 g/mol. The summed E-state index contributed by atoms with van der Waals surface area (Å²) in [6, 6.07) is 6.14. The molecule has 4 nitrogen and oxygen atoms in total. The number of benzene rings is 1. The Morgan fingerprint density at radius 2 is 1.79 bits per heavy atom. The van der Waals surface area contributed by atoms with E-state index in [0.717, 1.165) is 0 Å². The third kappa shape index (κ3) is 3.25. The fourth-order valence-corrected chi connectivity index (χ4v) is 1.49. The Morgan fingerprint density at radius 3 is 2.37 bits per heavy atom. The van der Waals surface area contributed by atoms with E-state index < -0.39 is 17.6 Å². The van der Waals surface area contributed by atoms with Gasteiger partial charge in [0, 0.05) is 16.9 Å². The summed E-state index contributed by atoms with van der Waals surface area (Å²) >= 11 is 5.69. The van der Waals surface area contributed by atoms with E-state index in [4.69, 9.17) is 17.3 Å². The highest BCUT2D eigenvalue weighted by molar-refractivity contribution is 6.30. The fourth-order valence-electron chi connectivity index (χ4n) is 1.37. The van der Waals surface area contributed by atoms with Crippen molar-refractivity contribution in [2.75, 3.05) is 11.1 Å². The summed E-state index contributed by atoms with van der Waals surface area (Å²) in [6.07, 6.45) is -3.93. The number of hydrogen-bond donors (Lipinski definition) is 2. The Bertz CT molecular complexity index is 583. The van der Waals surface area contributed by atoms with Gasteiger partial charge in [-0.15, -0.1) is 0 Å². The molecule has 0 atom stereocenters. The third-order valence-electron chi connectivity index (χ3n) is 2.22. The molecule has 0 bridgehead atoms. The van der Waals surface area contributed by atoms with Gasteiger partial charge < -0.3 is 11.1 Å². The molecular weight excluding hydrogens is 281 g/mol. The van der Waals surface area contributed by atoms with E-state index >= 15 is 0 Å². The Labute approximate surface area is 111 Å². The molecule has 1 heterocycles. The van der Waals surface area contributed by atoms with Gasteiger partial charge in [-0.1, -0.05) is 11.6 Å². The van der Waals surface area contributed by atoms with E-state index in [0.29, 0.717) is 16.9 Å². The molecule has 2 rings (SSSR count). The Morgan fingerprint density at radius 1 is 1.16 bits per heavy atom. The summed E-state index contributed by atoms with van der Waals surface area (Å²) < 4.78 is 38.3. The fraction of sp³-hybridized carbons (Fsp3) is 0.0909. The van der Waals surface area contributed by atoms with Crippen LogP contribution in [0.3, 0.4) is 0 Å². The normalized spacial score (nSPS) is 11.4. The van der Waals surface area contributed by atoms with Crippen LogP contribution in [0.2, 0.25) is 5.02 Å². The van der Waals surface area contributed by atoms with Gasteiger partial charge in [-0.2, -0.15) is 18.2 Å². The van der Waals surface area contributed by atoms with E-state index in [-0.39, 0.29) is 5.95 Å². The summed E-state index contributed by atoms with van der Waals surface area (Å²) in [5, 5.41) is 3.01. The quantitative estimate of drug-likeness (QED) is 0.888. The summed E-state index contributed by atoms with van der Waals surface area (Å²) in [4.78, 5) is 6.91. The number of rotatable bonds is 2. The van der Waals surface area contributed by atoms with Crippen LogP contribution in [0.5, 0.6) is 0 Å². The van der Waals surface area contributed by atoms with Gasteiger partial charge in [0.2, 0.25) is 5.95 Å². The molecular formula is C11H8ClF3N4. The first-order valence-corrected chi connectivity index (χ1v) is 5.46. The first-order chi connectivity index (χ1) is 8.86. The second kappa shape index (κ2) is 4.93. The molecule has 8 heteroatoms. The molecule has 1 aromatic carbocycles. The minimum absolute atomic E-state index is 0.246. The zero-order valence-corrected chi connectivity index (χ0v) is 10.1.